The maximum Gasteiger partial charge on any atom is 0.487 e. The first kappa shape index (κ1) is 32.0. The molecule has 4 rings (SSSR count). The fraction of sp³-hybridized carbons (Fsp3) is 0.389. The summed E-state index contributed by atoms with van der Waals surface area (Å²) < 4.78 is 2.14. The Morgan fingerprint density at radius 1 is 1.02 bits per heavy atom. The van der Waals surface area contributed by atoms with Gasteiger partial charge in [-0.2, -0.15) is 4.58 Å². The number of nitrogens with one attached hydrogen (secondary N) is 1. The number of benzene rings is 2. The first-order chi connectivity index (χ1) is 20.2. The quantitative estimate of drug-likeness (QED) is 0.153. The van der Waals surface area contributed by atoms with Gasteiger partial charge in [0.1, 0.15) is 0 Å². The Hall–Kier alpha value is -3.94. The van der Waals surface area contributed by atoms with Gasteiger partial charge in [0.2, 0.25) is 5.69 Å². The molecule has 0 saturated carbocycles. The van der Waals surface area contributed by atoms with Gasteiger partial charge in [-0.25, -0.2) is 0 Å². The van der Waals surface area contributed by atoms with Crippen molar-refractivity contribution < 1.29 is 29.8 Å². The number of nitrogens with zero attached hydrogens (tertiary/aromatic N) is 1. The van der Waals surface area contributed by atoms with Gasteiger partial charge in [-0.15, -0.1) is 0 Å². The second-order valence-corrected chi connectivity index (χ2v) is 12.7. The fourth-order valence-electron chi connectivity index (χ4n) is 5.95. The van der Waals surface area contributed by atoms with E-state index in [1.54, 1.807) is 0 Å². The third kappa shape index (κ3) is 7.35. The van der Waals surface area contributed by atoms with E-state index in [1.807, 2.05) is 48.6 Å². The maximum absolute atomic E-state index is 9.82. The lowest BCUT2D eigenvalue weighted by atomic mass is 9.81. The third-order valence-corrected chi connectivity index (χ3v) is 8.64. The predicted octanol–water partition coefficient (Wildman–Crippen LogP) is 5.31. The van der Waals surface area contributed by atoms with Gasteiger partial charge in [0.25, 0.3) is 5.76 Å². The van der Waals surface area contributed by atoms with Crippen LogP contribution in [0, 0.1) is 0 Å². The first-order valence-electron chi connectivity index (χ1n) is 15.0. The standard InChI is InChI=1S/C36H44N2O5/c1-34(2,27-11-7-6-8-12-27)30(37-23-22-36(5,42)43)19-17-25-15-16-26(33(25)41)18-20-31-35(3,4)28-13-9-10-14-29(28)38(31)24-21-32(39)40/h6-14,17-20,42-43H,15-16,21-24H2,1-5H3,(H2,37,39,40,41)/p+3. The van der Waals surface area contributed by atoms with Crippen LogP contribution in [0.4, 0.5) is 5.69 Å². The van der Waals surface area contributed by atoms with E-state index in [4.69, 9.17) is 5.11 Å². The molecule has 0 unspecified atom stereocenters. The Balaban J connectivity index is 1.64. The van der Waals surface area contributed by atoms with Crippen molar-refractivity contribution in [3.63, 3.8) is 0 Å². The highest BCUT2D eigenvalue weighted by Crippen LogP contribution is 2.40. The molecule has 43 heavy (non-hydrogen) atoms. The number of para-hydroxylation sites is 1. The van der Waals surface area contributed by atoms with Crippen molar-refractivity contribution >= 4 is 17.4 Å². The molecule has 228 valence electrons. The van der Waals surface area contributed by atoms with Crippen molar-refractivity contribution in [1.82, 2.24) is 5.32 Å². The molecule has 0 saturated heterocycles. The normalized spacial score (nSPS) is 18.2. The van der Waals surface area contributed by atoms with Crippen molar-refractivity contribution in [2.75, 3.05) is 13.1 Å². The third-order valence-electron chi connectivity index (χ3n) is 8.64. The summed E-state index contributed by atoms with van der Waals surface area (Å²) in [6, 6.07) is 18.4. The van der Waals surface area contributed by atoms with Crippen LogP contribution in [0.5, 0.6) is 0 Å². The van der Waals surface area contributed by atoms with E-state index in [-0.39, 0.29) is 23.7 Å². The Labute approximate surface area is 254 Å². The van der Waals surface area contributed by atoms with Gasteiger partial charge in [0.05, 0.1) is 5.41 Å². The van der Waals surface area contributed by atoms with Crippen LogP contribution in [0.2, 0.25) is 0 Å². The van der Waals surface area contributed by atoms with E-state index in [2.05, 4.69) is 67.9 Å². The molecule has 0 radical (unpaired) electrons. The van der Waals surface area contributed by atoms with E-state index >= 15 is 0 Å². The molecule has 0 fully saturated rings. The molecule has 7 nitrogen and oxygen atoms in total. The second kappa shape index (κ2) is 12.7. The first-order valence-corrected chi connectivity index (χ1v) is 15.0. The number of hydrogen-bond donors (Lipinski definition) is 4. The van der Waals surface area contributed by atoms with Crippen molar-refractivity contribution in [1.29, 1.82) is 0 Å². The number of rotatable bonds is 12. The molecule has 1 aliphatic carbocycles. The zero-order chi connectivity index (χ0) is 31.4. The molecular formula is C36H47N2O5+3. The molecule has 0 atom stereocenters. The molecular weight excluding hydrogens is 540 g/mol. The second-order valence-electron chi connectivity index (χ2n) is 12.7. The van der Waals surface area contributed by atoms with Crippen molar-refractivity contribution in [3.8, 4) is 0 Å². The number of hydrogen-bond acceptors (Lipinski definition) is 3. The van der Waals surface area contributed by atoms with Gasteiger partial charge >= 0.3 is 5.97 Å². The van der Waals surface area contributed by atoms with Crippen LogP contribution in [-0.2, 0) is 10.8 Å². The number of carboxylic acid groups (broad SMARTS) is 1. The smallest absolute Gasteiger partial charge is 0.487 e. The number of aliphatic carboxylic acids is 1. The van der Waals surface area contributed by atoms with E-state index in [0.717, 1.165) is 46.6 Å². The van der Waals surface area contributed by atoms with Crippen LogP contribution >= 0.6 is 0 Å². The largest absolute Gasteiger partial charge is 0.593 e. The van der Waals surface area contributed by atoms with Gasteiger partial charge in [-0.1, -0.05) is 62.4 Å². The maximum atomic E-state index is 9.82. The van der Waals surface area contributed by atoms with Crippen LogP contribution < -0.4 is 5.32 Å². The Morgan fingerprint density at radius 2 is 1.70 bits per heavy atom. The summed E-state index contributed by atoms with van der Waals surface area (Å²) >= 11 is 0. The predicted molar refractivity (Wildman–Crippen MR) is 174 cm³/mol. The topological polar surface area (TPSA) is 120 Å². The number of allylic oxidation sites excluding steroid dienone is 7. The zero-order valence-electron chi connectivity index (χ0n) is 26.0. The van der Waals surface area contributed by atoms with E-state index in [9.17, 15) is 20.1 Å². The molecule has 2 aliphatic rings. The van der Waals surface area contributed by atoms with Crippen LogP contribution in [0.1, 0.15) is 71.4 Å². The molecule has 1 heterocycles. The van der Waals surface area contributed by atoms with E-state index < -0.39 is 11.8 Å². The summed E-state index contributed by atoms with van der Waals surface area (Å²) in [5, 5.41) is 41.5. The average molecular weight is 588 g/mol. The number of aliphatic hydroxyl groups is 2. The Morgan fingerprint density at radius 3 is 2.37 bits per heavy atom. The average Bonchev–Trinajstić information content (AvgIpc) is 3.40. The van der Waals surface area contributed by atoms with Crippen molar-refractivity contribution in [2.24, 2.45) is 0 Å². The van der Waals surface area contributed by atoms with Gasteiger partial charge < -0.3 is 30.5 Å². The summed E-state index contributed by atoms with van der Waals surface area (Å²) in [5.41, 5.74) is 6.66. The van der Waals surface area contributed by atoms with E-state index in [1.165, 1.54) is 12.5 Å². The highest BCUT2D eigenvalue weighted by atomic mass is 16.5. The summed E-state index contributed by atoms with van der Waals surface area (Å²) in [6.07, 6.45) is 10.0. The molecule has 0 amide bonds. The van der Waals surface area contributed by atoms with Crippen LogP contribution in [0.3, 0.4) is 0 Å². The van der Waals surface area contributed by atoms with Gasteiger partial charge in [-0.05, 0) is 57.4 Å². The molecule has 7 N–H and O–H groups in total. The van der Waals surface area contributed by atoms with Crippen LogP contribution in [0.25, 0.3) is 0 Å². The monoisotopic (exact) mass is 587 g/mol. The minimum Gasteiger partial charge on any atom is -0.593 e. The molecule has 0 spiro atoms. The molecule has 7 heteroatoms. The Kier molecular flexibility index (Phi) is 9.47. The number of carboxylic acids is 1. The summed E-state index contributed by atoms with van der Waals surface area (Å²) in [7, 11) is 0. The summed E-state index contributed by atoms with van der Waals surface area (Å²) in [4.78, 5) is 9.48. The summed E-state index contributed by atoms with van der Waals surface area (Å²) in [5.74, 6) is -1.81. The number of aliphatic hydroxyl groups excluding tert-OH is 1. The molecule has 2 aromatic carbocycles. The lowest BCUT2D eigenvalue weighted by Crippen LogP contribution is -2.34. The van der Waals surface area contributed by atoms with Crippen molar-refractivity contribution in [3.05, 3.63) is 113 Å². The molecule has 0 aromatic heterocycles. The molecule has 1 aliphatic heterocycles. The molecule has 2 aromatic rings. The Bertz CT molecular complexity index is 1500. The summed E-state index contributed by atoms with van der Waals surface area (Å²) in [6.45, 7) is 10.8. The minimum absolute atomic E-state index is 0.152. The SMILES string of the molecule is CC(O)(O)CCNC(=CC=C1CCC(C=CC2=[N+](CCC(O)=[OH+])c3ccccc3C2(C)C)=C1[OH2+])C(C)(C)c1ccccc1. The van der Waals surface area contributed by atoms with Gasteiger partial charge in [0.15, 0.2) is 24.5 Å². The number of fused-ring (bicyclic) bond motifs is 1. The molecule has 0 bridgehead atoms. The van der Waals surface area contributed by atoms with Crippen LogP contribution in [0.15, 0.2) is 102 Å². The highest BCUT2D eigenvalue weighted by molar-refractivity contribution is 6.03. The minimum atomic E-state index is -1.75. The highest BCUT2D eigenvalue weighted by Gasteiger charge is 2.44. The van der Waals surface area contributed by atoms with Crippen LogP contribution in [-0.4, -0.2) is 60.4 Å². The fourth-order valence-corrected chi connectivity index (χ4v) is 5.95. The van der Waals surface area contributed by atoms with E-state index in [0.29, 0.717) is 18.8 Å². The zero-order valence-corrected chi connectivity index (χ0v) is 26.0. The lowest BCUT2D eigenvalue weighted by molar-refractivity contribution is -0.436. The van der Waals surface area contributed by atoms with Gasteiger partial charge in [-0.3, -0.25) is 0 Å². The van der Waals surface area contributed by atoms with Crippen molar-refractivity contribution in [2.45, 2.75) is 76.9 Å². The lowest BCUT2D eigenvalue weighted by Gasteiger charge is -2.30. The van der Waals surface area contributed by atoms with Gasteiger partial charge in [0, 0.05) is 52.9 Å².